The Bertz CT molecular complexity index is 1540. The van der Waals surface area contributed by atoms with E-state index in [1.165, 1.54) is 13.5 Å². The zero-order chi connectivity index (χ0) is 29.8. The van der Waals surface area contributed by atoms with Crippen LogP contribution >= 0.6 is 11.6 Å². The normalized spacial score (nSPS) is 26.5. The van der Waals surface area contributed by atoms with E-state index >= 15 is 0 Å². The number of imidazole rings is 1. The fraction of sp³-hybridized carbons (Fsp3) is 0.545. The number of carbonyl (C=O) groups is 2. The number of nitrogens with one attached hydrogen (secondary N) is 4. The summed E-state index contributed by atoms with van der Waals surface area (Å²) in [5.74, 6) is 0.537. The number of benzene rings is 2. The first-order valence-corrected chi connectivity index (χ1v) is 15.8. The highest BCUT2D eigenvalue weighted by molar-refractivity contribution is 6.31. The molecule has 4 N–H and O–H groups in total. The van der Waals surface area contributed by atoms with Crippen molar-refractivity contribution >= 4 is 34.6 Å². The van der Waals surface area contributed by atoms with E-state index in [1.807, 2.05) is 42.5 Å². The van der Waals surface area contributed by atoms with E-state index in [-0.39, 0.29) is 28.7 Å². The molecule has 4 aliphatic rings. The molecule has 4 fully saturated rings. The van der Waals surface area contributed by atoms with Crippen LogP contribution in [0.25, 0.3) is 11.0 Å². The first kappa shape index (κ1) is 28.6. The highest BCUT2D eigenvalue weighted by Gasteiger charge is 2.52. The maximum Gasteiger partial charge on any atom is 0.407 e. The summed E-state index contributed by atoms with van der Waals surface area (Å²) in [7, 11) is 1.36. The van der Waals surface area contributed by atoms with Gasteiger partial charge < -0.3 is 30.4 Å². The van der Waals surface area contributed by atoms with Crippen LogP contribution in [0.1, 0.15) is 74.4 Å². The number of methoxy groups -OCH3 is 1. The molecule has 2 aliphatic heterocycles. The number of rotatable bonds is 8. The van der Waals surface area contributed by atoms with Gasteiger partial charge in [0.2, 0.25) is 5.91 Å². The Hall–Kier alpha value is -3.14. The van der Waals surface area contributed by atoms with Crippen LogP contribution in [0.5, 0.6) is 0 Å². The monoisotopic (exact) mass is 605 g/mol. The molecule has 2 aliphatic carbocycles. The molecule has 2 saturated heterocycles. The molecule has 9 nitrogen and oxygen atoms in total. The summed E-state index contributed by atoms with van der Waals surface area (Å²) in [5.41, 5.74) is 2.81. The van der Waals surface area contributed by atoms with Crippen LogP contribution in [0.2, 0.25) is 5.02 Å². The van der Waals surface area contributed by atoms with E-state index in [9.17, 15) is 9.59 Å². The average molecular weight is 606 g/mol. The summed E-state index contributed by atoms with van der Waals surface area (Å²) in [6, 6.07) is 13.4. The van der Waals surface area contributed by atoms with Crippen molar-refractivity contribution in [1.29, 1.82) is 0 Å². The van der Waals surface area contributed by atoms with Crippen LogP contribution in [0.3, 0.4) is 0 Å². The second kappa shape index (κ2) is 10.8. The van der Waals surface area contributed by atoms with E-state index in [1.54, 1.807) is 0 Å². The summed E-state index contributed by atoms with van der Waals surface area (Å²) < 4.78 is 10.9. The predicted molar refractivity (Wildman–Crippen MR) is 164 cm³/mol. The van der Waals surface area contributed by atoms with Gasteiger partial charge in [0.25, 0.3) is 0 Å². The molecule has 2 saturated carbocycles. The first-order valence-electron chi connectivity index (χ1n) is 15.5. The van der Waals surface area contributed by atoms with Gasteiger partial charge in [-0.1, -0.05) is 49.2 Å². The minimum Gasteiger partial charge on any atom is -0.453 e. The Balaban J connectivity index is 1.24. The second-order valence-electron chi connectivity index (χ2n) is 13.4. The molecule has 0 bridgehead atoms. The lowest BCUT2D eigenvalue weighted by Gasteiger charge is -2.43. The number of hydrogen-bond donors (Lipinski definition) is 4. The number of hydrogen-bond acceptors (Lipinski definition) is 6. The van der Waals surface area contributed by atoms with Crippen molar-refractivity contribution in [3.05, 3.63) is 64.4 Å². The third-order valence-corrected chi connectivity index (χ3v) is 11.2. The van der Waals surface area contributed by atoms with Crippen molar-refractivity contribution in [3.63, 3.8) is 0 Å². The Morgan fingerprint density at radius 3 is 2.63 bits per heavy atom. The molecule has 1 unspecified atom stereocenters. The Morgan fingerprint density at radius 2 is 1.95 bits per heavy atom. The van der Waals surface area contributed by atoms with Crippen molar-refractivity contribution in [1.82, 2.24) is 25.9 Å². The molecule has 228 valence electrons. The number of halogens is 1. The molecule has 3 aromatic rings. The molecule has 7 rings (SSSR count). The Kier molecular flexibility index (Phi) is 7.18. The molecule has 43 heavy (non-hydrogen) atoms. The van der Waals surface area contributed by atoms with Crippen LogP contribution in [0.4, 0.5) is 4.79 Å². The van der Waals surface area contributed by atoms with Crippen LogP contribution < -0.4 is 16.0 Å². The van der Waals surface area contributed by atoms with Gasteiger partial charge in [-0.25, -0.2) is 9.78 Å². The molecule has 2 aromatic carbocycles. The van der Waals surface area contributed by atoms with Crippen molar-refractivity contribution in [2.24, 2.45) is 10.8 Å². The topological polar surface area (TPSA) is 117 Å². The summed E-state index contributed by atoms with van der Waals surface area (Å²) in [6.45, 7) is 4.89. The smallest absolute Gasteiger partial charge is 0.407 e. The number of fused-ring (bicyclic) bond motifs is 1. The van der Waals surface area contributed by atoms with E-state index in [4.69, 9.17) is 26.1 Å². The second-order valence-corrected chi connectivity index (χ2v) is 13.8. The molecule has 1 spiro atoms. The Morgan fingerprint density at radius 1 is 1.14 bits per heavy atom. The third-order valence-electron chi connectivity index (χ3n) is 10.8. The van der Waals surface area contributed by atoms with E-state index < -0.39 is 17.6 Å². The number of carbonyl (C=O) groups excluding carboxylic acids is 2. The van der Waals surface area contributed by atoms with Crippen molar-refractivity contribution in [2.45, 2.75) is 68.9 Å². The molecular formula is C33H40ClN5O4. The highest BCUT2D eigenvalue weighted by Crippen LogP contribution is 2.60. The van der Waals surface area contributed by atoms with Gasteiger partial charge in [-0.05, 0) is 66.8 Å². The Labute approximate surface area is 256 Å². The van der Waals surface area contributed by atoms with Crippen LogP contribution in [0, 0.1) is 10.8 Å². The largest absolute Gasteiger partial charge is 0.453 e. The first-order chi connectivity index (χ1) is 20.8. The zero-order valence-electron chi connectivity index (χ0n) is 24.8. The van der Waals surface area contributed by atoms with Gasteiger partial charge in [-0.3, -0.25) is 4.79 Å². The average Bonchev–Trinajstić information content (AvgIpc) is 3.39. The van der Waals surface area contributed by atoms with Crippen LogP contribution in [-0.4, -0.2) is 61.4 Å². The molecule has 3 heterocycles. The van der Waals surface area contributed by atoms with Crippen LogP contribution in [0.15, 0.2) is 42.5 Å². The number of ether oxygens (including phenoxy) is 2. The minimum absolute atomic E-state index is 0.0368. The van der Waals surface area contributed by atoms with E-state index in [0.29, 0.717) is 30.5 Å². The standard InChI is InChI=1S/C33H40ClN5O4/c1-31(12-13-31)26(21-6-3-4-7-22(21)34)27(39-30(41)42-2)28-36-23-9-8-20(16-24(23)37-28)33(14-15-43-19-33)29(40)38-25-17-35-18-32(25)10-5-11-32/h3-4,6-9,16,25-27,35H,5,10-15,17-19H2,1-2H3,(H,36,37)(H,38,40)(H,39,41)/t25-,26-,27-,33?/m0/s1. The van der Waals surface area contributed by atoms with Gasteiger partial charge in [0.1, 0.15) is 5.82 Å². The van der Waals surface area contributed by atoms with Crippen molar-refractivity contribution in [3.8, 4) is 0 Å². The van der Waals surface area contributed by atoms with Crippen molar-refractivity contribution < 1.29 is 19.1 Å². The number of alkyl carbamates (subject to hydrolysis) is 1. The van der Waals surface area contributed by atoms with Crippen LogP contribution in [-0.2, 0) is 19.7 Å². The quantitative estimate of drug-likeness (QED) is 0.283. The fourth-order valence-corrected chi connectivity index (χ4v) is 7.98. The van der Waals surface area contributed by atoms with Gasteiger partial charge in [-0.15, -0.1) is 0 Å². The molecule has 2 amide bonds. The maximum atomic E-state index is 14.0. The lowest BCUT2D eigenvalue weighted by molar-refractivity contribution is -0.128. The zero-order valence-corrected chi connectivity index (χ0v) is 25.6. The molecule has 1 aromatic heterocycles. The number of aromatic amines is 1. The minimum atomic E-state index is -0.766. The maximum absolute atomic E-state index is 14.0. The van der Waals surface area contributed by atoms with E-state index in [2.05, 4.69) is 27.9 Å². The number of nitrogens with zero attached hydrogens (tertiary/aromatic N) is 1. The summed E-state index contributed by atoms with van der Waals surface area (Å²) in [4.78, 5) is 35.2. The van der Waals surface area contributed by atoms with Gasteiger partial charge >= 0.3 is 6.09 Å². The number of amides is 2. The lowest BCUT2D eigenvalue weighted by atomic mass is 9.65. The van der Waals surface area contributed by atoms with Crippen molar-refractivity contribution in [2.75, 3.05) is 33.4 Å². The van der Waals surface area contributed by atoms with E-state index in [0.717, 1.165) is 60.9 Å². The molecular weight excluding hydrogens is 566 g/mol. The molecule has 4 atom stereocenters. The fourth-order valence-electron chi connectivity index (χ4n) is 7.73. The number of aromatic nitrogens is 2. The summed E-state index contributed by atoms with van der Waals surface area (Å²) >= 11 is 6.74. The highest BCUT2D eigenvalue weighted by atomic mass is 35.5. The number of H-pyrrole nitrogens is 1. The SMILES string of the molecule is COC(=O)N[C@H](c1nc2ccc(C3(C(=O)N[C@H]4CNCC45CCC5)CCOC3)cc2[nH]1)[C@H](c1ccccc1Cl)C1(C)CC1. The molecule has 0 radical (unpaired) electrons. The predicted octanol–water partition coefficient (Wildman–Crippen LogP) is 5.11. The van der Waals surface area contributed by atoms with Gasteiger partial charge in [0.15, 0.2) is 0 Å². The summed E-state index contributed by atoms with van der Waals surface area (Å²) in [5, 5.41) is 10.7. The molecule has 10 heteroatoms. The van der Waals surface area contributed by atoms with Gasteiger partial charge in [0, 0.05) is 42.1 Å². The third kappa shape index (κ3) is 4.89. The van der Waals surface area contributed by atoms with Gasteiger partial charge in [-0.2, -0.15) is 0 Å². The summed E-state index contributed by atoms with van der Waals surface area (Å²) in [6.07, 6.45) is 5.67. The lowest BCUT2D eigenvalue weighted by Crippen LogP contribution is -2.55. The van der Waals surface area contributed by atoms with Gasteiger partial charge in [0.05, 0.1) is 36.2 Å².